The minimum Gasteiger partial charge on any atom is -0.492 e. The average Bonchev–Trinajstić information content (AvgIpc) is 2.17. The first-order valence-electron chi connectivity index (χ1n) is 4.82. The fourth-order valence-corrected chi connectivity index (χ4v) is 2.40. The van der Waals surface area contributed by atoms with Gasteiger partial charge in [0.2, 0.25) is 0 Å². The van der Waals surface area contributed by atoms with Crippen molar-refractivity contribution < 1.29 is 13.2 Å². The first-order chi connectivity index (χ1) is 7.53. The van der Waals surface area contributed by atoms with Gasteiger partial charge in [-0.2, -0.15) is 0 Å². The summed E-state index contributed by atoms with van der Waals surface area (Å²) in [5.41, 5.74) is 5.19. The summed E-state index contributed by atoms with van der Waals surface area (Å²) in [6.07, 6.45) is 0. The molecule has 0 aliphatic rings. The van der Waals surface area contributed by atoms with Crippen LogP contribution in [-0.2, 0) is 9.84 Å². The van der Waals surface area contributed by atoms with E-state index in [2.05, 4.69) is 15.9 Å². The summed E-state index contributed by atoms with van der Waals surface area (Å²) in [6.45, 7) is 0.304. The molecule has 90 valence electrons. The van der Waals surface area contributed by atoms with Crippen LogP contribution in [0.4, 0.5) is 0 Å². The van der Waals surface area contributed by atoms with E-state index in [1.807, 2.05) is 12.1 Å². The van der Waals surface area contributed by atoms with Gasteiger partial charge in [0.1, 0.15) is 12.4 Å². The van der Waals surface area contributed by atoms with E-state index in [0.29, 0.717) is 5.75 Å². The zero-order chi connectivity index (χ0) is 12.0. The lowest BCUT2D eigenvalue weighted by Crippen LogP contribution is -2.21. The van der Waals surface area contributed by atoms with Crippen LogP contribution in [0.3, 0.4) is 0 Å². The molecule has 6 heteroatoms. The summed E-state index contributed by atoms with van der Waals surface area (Å²) >= 11 is 3.30. The third-order valence-electron chi connectivity index (χ3n) is 1.89. The van der Waals surface area contributed by atoms with Crippen molar-refractivity contribution in [1.29, 1.82) is 0 Å². The van der Waals surface area contributed by atoms with Gasteiger partial charge in [-0.3, -0.25) is 0 Å². The van der Waals surface area contributed by atoms with Crippen molar-refractivity contribution in [2.24, 2.45) is 5.73 Å². The van der Waals surface area contributed by atoms with E-state index in [1.165, 1.54) is 0 Å². The molecule has 0 fully saturated rings. The quantitative estimate of drug-likeness (QED) is 0.857. The molecule has 0 bridgehead atoms. The maximum atomic E-state index is 11.3. The summed E-state index contributed by atoms with van der Waals surface area (Å²) in [5, 5.41) is 0. The second kappa shape index (κ2) is 6.22. The largest absolute Gasteiger partial charge is 0.492 e. The Balaban J connectivity index is 2.42. The average molecular weight is 308 g/mol. The molecular weight excluding hydrogens is 294 g/mol. The fraction of sp³-hybridized carbons (Fsp3) is 0.400. The summed E-state index contributed by atoms with van der Waals surface area (Å²) in [4.78, 5) is 0. The van der Waals surface area contributed by atoms with E-state index >= 15 is 0 Å². The molecule has 0 heterocycles. The summed E-state index contributed by atoms with van der Waals surface area (Å²) in [7, 11) is -3.07. The number of rotatable bonds is 6. The van der Waals surface area contributed by atoms with Crippen molar-refractivity contribution in [1.82, 2.24) is 0 Å². The Kier molecular flexibility index (Phi) is 5.24. The standard InChI is InChI=1S/C10H14BrNO3S/c11-9-2-1-3-10(8-9)15-5-7-16(13,14)6-4-12/h1-3,8H,4-7,12H2. The Morgan fingerprint density at radius 2 is 2.06 bits per heavy atom. The van der Waals surface area contributed by atoms with E-state index in [9.17, 15) is 8.42 Å². The zero-order valence-corrected chi connectivity index (χ0v) is 11.1. The Bertz CT molecular complexity index is 433. The summed E-state index contributed by atoms with van der Waals surface area (Å²) < 4.78 is 28.9. The van der Waals surface area contributed by atoms with Gasteiger partial charge in [-0.1, -0.05) is 22.0 Å². The molecule has 0 aliphatic carbocycles. The number of halogens is 1. The molecule has 1 aromatic rings. The highest BCUT2D eigenvalue weighted by Gasteiger charge is 2.09. The lowest BCUT2D eigenvalue weighted by molar-refractivity contribution is 0.340. The van der Waals surface area contributed by atoms with Crippen molar-refractivity contribution in [2.45, 2.75) is 0 Å². The summed E-state index contributed by atoms with van der Waals surface area (Å²) in [5.74, 6) is 0.656. The molecule has 1 rings (SSSR count). The number of ether oxygens (including phenoxy) is 1. The normalized spacial score (nSPS) is 11.4. The minimum absolute atomic E-state index is 0.00326. The topological polar surface area (TPSA) is 69.4 Å². The van der Waals surface area contributed by atoms with E-state index < -0.39 is 9.84 Å². The minimum atomic E-state index is -3.07. The van der Waals surface area contributed by atoms with Crippen LogP contribution in [0.15, 0.2) is 28.7 Å². The first-order valence-corrected chi connectivity index (χ1v) is 7.44. The van der Waals surface area contributed by atoms with E-state index in [0.717, 1.165) is 4.47 Å². The number of hydrogen-bond acceptors (Lipinski definition) is 4. The monoisotopic (exact) mass is 307 g/mol. The molecule has 2 N–H and O–H groups in total. The van der Waals surface area contributed by atoms with Gasteiger partial charge in [0.05, 0.1) is 11.5 Å². The van der Waals surface area contributed by atoms with Crippen LogP contribution in [0, 0.1) is 0 Å². The number of sulfone groups is 1. The molecule has 0 aliphatic heterocycles. The molecule has 0 spiro atoms. The van der Waals surface area contributed by atoms with E-state index in [1.54, 1.807) is 12.1 Å². The van der Waals surface area contributed by atoms with Crippen LogP contribution in [0.5, 0.6) is 5.75 Å². The van der Waals surface area contributed by atoms with Crippen LogP contribution >= 0.6 is 15.9 Å². The molecule has 0 saturated heterocycles. The highest BCUT2D eigenvalue weighted by Crippen LogP contribution is 2.17. The van der Waals surface area contributed by atoms with Crippen LogP contribution in [-0.4, -0.2) is 33.1 Å². The van der Waals surface area contributed by atoms with Crippen LogP contribution in [0.1, 0.15) is 0 Å². The first kappa shape index (κ1) is 13.5. The highest BCUT2D eigenvalue weighted by molar-refractivity contribution is 9.10. The van der Waals surface area contributed by atoms with Gasteiger partial charge < -0.3 is 10.5 Å². The number of benzene rings is 1. The van der Waals surface area contributed by atoms with Gasteiger partial charge in [0.15, 0.2) is 9.84 Å². The Morgan fingerprint density at radius 3 is 2.69 bits per heavy atom. The van der Waals surface area contributed by atoms with E-state index in [-0.39, 0.29) is 24.7 Å². The summed E-state index contributed by atoms with van der Waals surface area (Å²) in [6, 6.07) is 7.27. The maximum Gasteiger partial charge on any atom is 0.154 e. The molecule has 0 unspecified atom stereocenters. The molecule has 0 saturated carbocycles. The van der Waals surface area contributed by atoms with Crippen LogP contribution < -0.4 is 10.5 Å². The lowest BCUT2D eigenvalue weighted by atomic mass is 10.3. The Labute approximate surface area is 104 Å². The lowest BCUT2D eigenvalue weighted by Gasteiger charge is -2.06. The molecule has 0 radical (unpaired) electrons. The van der Waals surface area contributed by atoms with Gasteiger partial charge in [-0.15, -0.1) is 0 Å². The van der Waals surface area contributed by atoms with Crippen molar-refractivity contribution in [3.8, 4) is 5.75 Å². The molecule has 1 aromatic carbocycles. The highest BCUT2D eigenvalue weighted by atomic mass is 79.9. The Hall–Kier alpha value is -0.590. The van der Waals surface area contributed by atoms with Gasteiger partial charge >= 0.3 is 0 Å². The molecule has 16 heavy (non-hydrogen) atoms. The van der Waals surface area contributed by atoms with Gasteiger partial charge in [-0.25, -0.2) is 8.42 Å². The molecule has 0 amide bonds. The predicted octanol–water partition coefficient (Wildman–Crippen LogP) is 1.20. The number of nitrogens with two attached hydrogens (primary N) is 1. The van der Waals surface area contributed by atoms with Crippen LogP contribution in [0.2, 0.25) is 0 Å². The van der Waals surface area contributed by atoms with Gasteiger partial charge in [0, 0.05) is 11.0 Å². The molecule has 0 atom stereocenters. The van der Waals surface area contributed by atoms with Crippen molar-refractivity contribution >= 4 is 25.8 Å². The van der Waals surface area contributed by atoms with Gasteiger partial charge in [0.25, 0.3) is 0 Å². The zero-order valence-electron chi connectivity index (χ0n) is 8.73. The fourth-order valence-electron chi connectivity index (χ4n) is 1.12. The van der Waals surface area contributed by atoms with Crippen molar-refractivity contribution in [3.63, 3.8) is 0 Å². The molecular formula is C10H14BrNO3S. The number of hydrogen-bond donors (Lipinski definition) is 1. The van der Waals surface area contributed by atoms with Crippen LogP contribution in [0.25, 0.3) is 0 Å². The third kappa shape index (κ3) is 4.96. The smallest absolute Gasteiger partial charge is 0.154 e. The Morgan fingerprint density at radius 1 is 1.31 bits per heavy atom. The maximum absolute atomic E-state index is 11.3. The van der Waals surface area contributed by atoms with Gasteiger partial charge in [-0.05, 0) is 18.2 Å². The second-order valence-corrected chi connectivity index (χ2v) is 6.47. The second-order valence-electron chi connectivity index (χ2n) is 3.25. The molecule has 4 nitrogen and oxygen atoms in total. The predicted molar refractivity (Wildman–Crippen MR) is 67.3 cm³/mol. The third-order valence-corrected chi connectivity index (χ3v) is 4.03. The van der Waals surface area contributed by atoms with Crippen molar-refractivity contribution in [3.05, 3.63) is 28.7 Å². The van der Waals surface area contributed by atoms with Crippen molar-refractivity contribution in [2.75, 3.05) is 24.7 Å². The molecule has 0 aromatic heterocycles. The van der Waals surface area contributed by atoms with E-state index in [4.69, 9.17) is 10.5 Å². The SMILES string of the molecule is NCCS(=O)(=O)CCOc1cccc(Br)c1.